The molecule has 0 spiro atoms. The third kappa shape index (κ3) is 4.61. The highest BCUT2D eigenvalue weighted by Crippen LogP contribution is 2.27. The average molecular weight is 494 g/mol. The Morgan fingerprint density at radius 3 is 2.60 bits per heavy atom. The van der Waals surface area contributed by atoms with Crippen LogP contribution in [0.5, 0.6) is 0 Å². The van der Waals surface area contributed by atoms with Crippen molar-refractivity contribution < 1.29 is 4.79 Å². The molecule has 2 fully saturated rings. The number of aryl methyl sites for hydroxylation is 2. The zero-order valence-corrected chi connectivity index (χ0v) is 21.2. The molecule has 2 saturated heterocycles. The third-order valence-electron chi connectivity index (χ3n) is 7.32. The van der Waals surface area contributed by atoms with Crippen LogP contribution in [0, 0.1) is 12.8 Å². The quantitative estimate of drug-likeness (QED) is 0.551. The van der Waals surface area contributed by atoms with E-state index < -0.39 is 0 Å². The maximum Gasteiger partial charge on any atom is 0.293 e. The molecule has 2 aromatic carbocycles. The van der Waals surface area contributed by atoms with Gasteiger partial charge in [0.1, 0.15) is 0 Å². The fourth-order valence-corrected chi connectivity index (χ4v) is 5.59. The summed E-state index contributed by atoms with van der Waals surface area (Å²) in [5.74, 6) is 0.532. The minimum Gasteiger partial charge on any atom is -0.368 e. The van der Waals surface area contributed by atoms with Crippen molar-refractivity contribution >= 4 is 40.0 Å². The Morgan fingerprint density at radius 1 is 1.06 bits per heavy atom. The van der Waals surface area contributed by atoms with Gasteiger partial charge in [-0.1, -0.05) is 29.8 Å². The number of halogens is 1. The summed E-state index contributed by atoms with van der Waals surface area (Å²) in [6.07, 6.45) is 1.72. The van der Waals surface area contributed by atoms with E-state index in [-0.39, 0.29) is 17.4 Å². The molecule has 0 radical (unpaired) electrons. The van der Waals surface area contributed by atoms with Gasteiger partial charge in [-0.05, 0) is 56.5 Å². The second-order valence-electron chi connectivity index (χ2n) is 9.50. The van der Waals surface area contributed by atoms with Crippen LogP contribution >= 0.6 is 11.6 Å². The number of anilines is 2. The highest BCUT2D eigenvalue weighted by atomic mass is 35.5. The molecule has 1 atom stereocenters. The van der Waals surface area contributed by atoms with E-state index in [4.69, 9.17) is 16.6 Å². The Labute approximate surface area is 210 Å². The molecule has 3 heterocycles. The molecule has 1 amide bonds. The fourth-order valence-electron chi connectivity index (χ4n) is 5.42. The first kappa shape index (κ1) is 23.7. The second kappa shape index (κ2) is 9.90. The summed E-state index contributed by atoms with van der Waals surface area (Å²) in [5, 5.41) is 0.732. The number of carbonyl (C=O) groups is 1. The standard InChI is InChI=1S/C27H32ClN5O2/c1-3-33-23-9-5-4-8-22(23)29-25(27(33)35)32-12-6-7-20(18-32)26(34)31-15-13-30(14-16-31)24-17-21(28)11-10-19(24)2/h4-5,8-11,17,20H,3,6-7,12-16,18H2,1-2H3. The van der Waals surface area contributed by atoms with Crippen molar-refractivity contribution in [1.29, 1.82) is 0 Å². The van der Waals surface area contributed by atoms with Crippen molar-refractivity contribution in [3.8, 4) is 0 Å². The normalized spacial score (nSPS) is 18.8. The summed E-state index contributed by atoms with van der Waals surface area (Å²) >= 11 is 6.22. The zero-order valence-electron chi connectivity index (χ0n) is 20.4. The van der Waals surface area contributed by atoms with Crippen molar-refractivity contribution in [2.45, 2.75) is 33.2 Å². The molecule has 1 unspecified atom stereocenters. The Morgan fingerprint density at radius 2 is 1.83 bits per heavy atom. The van der Waals surface area contributed by atoms with Crippen LogP contribution in [0.3, 0.4) is 0 Å². The van der Waals surface area contributed by atoms with Crippen LogP contribution in [-0.4, -0.2) is 59.6 Å². The number of amides is 1. The molecule has 2 aliphatic heterocycles. The van der Waals surface area contributed by atoms with Crippen molar-refractivity contribution in [3.63, 3.8) is 0 Å². The Balaban J connectivity index is 1.29. The van der Waals surface area contributed by atoms with Crippen LogP contribution in [-0.2, 0) is 11.3 Å². The molecule has 5 rings (SSSR count). The van der Waals surface area contributed by atoms with Crippen molar-refractivity contribution in [2.75, 3.05) is 49.1 Å². The van der Waals surface area contributed by atoms with Crippen LogP contribution in [0.15, 0.2) is 47.3 Å². The largest absolute Gasteiger partial charge is 0.368 e. The summed E-state index contributed by atoms with van der Waals surface area (Å²) in [6, 6.07) is 13.7. The SMILES string of the molecule is CCn1c(=O)c(N2CCCC(C(=O)N3CCN(c4cc(Cl)ccc4C)CC3)C2)nc2ccccc21. The van der Waals surface area contributed by atoms with E-state index in [1.165, 1.54) is 5.56 Å². The number of piperidine rings is 1. The van der Waals surface area contributed by atoms with Gasteiger partial charge in [0.05, 0.1) is 17.0 Å². The van der Waals surface area contributed by atoms with Crippen LogP contribution in [0.4, 0.5) is 11.5 Å². The maximum absolute atomic E-state index is 13.5. The van der Waals surface area contributed by atoms with Gasteiger partial charge >= 0.3 is 0 Å². The number of hydrogen-bond acceptors (Lipinski definition) is 5. The Hall–Kier alpha value is -3.06. The number of carbonyl (C=O) groups excluding carboxylic acids is 1. The predicted molar refractivity (Wildman–Crippen MR) is 142 cm³/mol. The van der Waals surface area contributed by atoms with E-state index in [2.05, 4.69) is 11.8 Å². The van der Waals surface area contributed by atoms with Gasteiger partial charge in [-0.25, -0.2) is 4.98 Å². The van der Waals surface area contributed by atoms with Crippen LogP contribution < -0.4 is 15.4 Å². The van der Waals surface area contributed by atoms with Gasteiger partial charge in [0.25, 0.3) is 5.56 Å². The molecule has 0 N–H and O–H groups in total. The summed E-state index contributed by atoms with van der Waals surface area (Å²) in [7, 11) is 0. The highest BCUT2D eigenvalue weighted by Gasteiger charge is 2.33. The first-order valence-corrected chi connectivity index (χ1v) is 12.9. The smallest absolute Gasteiger partial charge is 0.293 e. The predicted octanol–water partition coefficient (Wildman–Crippen LogP) is 3.94. The van der Waals surface area contributed by atoms with Gasteiger partial charge < -0.3 is 19.3 Å². The molecule has 184 valence electrons. The molecule has 3 aromatic rings. The van der Waals surface area contributed by atoms with Gasteiger partial charge in [0, 0.05) is 56.5 Å². The van der Waals surface area contributed by atoms with Crippen LogP contribution in [0.25, 0.3) is 11.0 Å². The maximum atomic E-state index is 13.5. The highest BCUT2D eigenvalue weighted by molar-refractivity contribution is 6.30. The lowest BCUT2D eigenvalue weighted by molar-refractivity contribution is -0.136. The van der Waals surface area contributed by atoms with E-state index in [1.54, 1.807) is 4.57 Å². The monoisotopic (exact) mass is 493 g/mol. The van der Waals surface area contributed by atoms with Crippen LogP contribution in [0.1, 0.15) is 25.3 Å². The fraction of sp³-hybridized carbons (Fsp3) is 0.444. The number of fused-ring (bicyclic) bond motifs is 1. The molecule has 35 heavy (non-hydrogen) atoms. The first-order valence-electron chi connectivity index (χ1n) is 12.5. The van der Waals surface area contributed by atoms with Gasteiger partial charge in [-0.15, -0.1) is 0 Å². The van der Waals surface area contributed by atoms with E-state index >= 15 is 0 Å². The van der Waals surface area contributed by atoms with E-state index in [0.717, 1.165) is 54.2 Å². The summed E-state index contributed by atoms with van der Waals surface area (Å²) in [6.45, 7) is 8.90. The first-order chi connectivity index (χ1) is 17.0. The van der Waals surface area contributed by atoms with E-state index in [1.807, 2.05) is 59.2 Å². The lowest BCUT2D eigenvalue weighted by atomic mass is 9.96. The number of rotatable bonds is 4. The Kier molecular flexibility index (Phi) is 6.69. The van der Waals surface area contributed by atoms with Gasteiger partial charge in [0.2, 0.25) is 5.91 Å². The number of para-hydroxylation sites is 2. The topological polar surface area (TPSA) is 61.7 Å². The third-order valence-corrected chi connectivity index (χ3v) is 7.56. The molecular weight excluding hydrogens is 462 g/mol. The molecule has 0 bridgehead atoms. The molecule has 0 saturated carbocycles. The van der Waals surface area contributed by atoms with Crippen molar-refractivity contribution in [3.05, 3.63) is 63.4 Å². The summed E-state index contributed by atoms with van der Waals surface area (Å²) < 4.78 is 1.78. The van der Waals surface area contributed by atoms with Gasteiger partial charge in [-0.3, -0.25) is 9.59 Å². The lowest BCUT2D eigenvalue weighted by Gasteiger charge is -2.40. The second-order valence-corrected chi connectivity index (χ2v) is 9.94. The number of hydrogen-bond donors (Lipinski definition) is 0. The molecule has 8 heteroatoms. The lowest BCUT2D eigenvalue weighted by Crippen LogP contribution is -2.53. The summed E-state index contributed by atoms with van der Waals surface area (Å²) in [4.78, 5) is 37.8. The van der Waals surface area contributed by atoms with E-state index in [9.17, 15) is 9.59 Å². The summed E-state index contributed by atoms with van der Waals surface area (Å²) in [5.41, 5.74) is 3.91. The van der Waals surface area contributed by atoms with E-state index in [0.29, 0.717) is 32.0 Å². The molecule has 2 aliphatic rings. The number of benzene rings is 2. The average Bonchev–Trinajstić information content (AvgIpc) is 2.89. The molecular formula is C27H32ClN5O2. The minimum absolute atomic E-state index is 0.0789. The van der Waals surface area contributed by atoms with Crippen molar-refractivity contribution in [1.82, 2.24) is 14.5 Å². The molecule has 0 aliphatic carbocycles. The number of aromatic nitrogens is 2. The molecule has 1 aromatic heterocycles. The van der Waals surface area contributed by atoms with Crippen LogP contribution in [0.2, 0.25) is 5.02 Å². The number of piperazine rings is 1. The Bertz CT molecular complexity index is 1300. The molecule has 7 nitrogen and oxygen atoms in total. The van der Waals surface area contributed by atoms with Gasteiger partial charge in [0.15, 0.2) is 5.82 Å². The zero-order chi connectivity index (χ0) is 24.5. The minimum atomic E-state index is -0.119. The van der Waals surface area contributed by atoms with Gasteiger partial charge in [-0.2, -0.15) is 0 Å². The number of nitrogens with zero attached hydrogens (tertiary/aromatic N) is 5. The van der Waals surface area contributed by atoms with Crippen molar-refractivity contribution in [2.24, 2.45) is 5.92 Å².